The second-order valence-corrected chi connectivity index (χ2v) is 6.33. The Balaban J connectivity index is 3.12. The fraction of sp³-hybridized carbons (Fsp3) is 0.538. The van der Waals surface area contributed by atoms with Crippen LogP contribution in [-0.4, -0.2) is 34.7 Å². The number of nitrogens with one attached hydrogen (secondary N) is 2. The summed E-state index contributed by atoms with van der Waals surface area (Å²) in [5, 5.41) is 2.93. The summed E-state index contributed by atoms with van der Waals surface area (Å²) in [5.41, 5.74) is 0.357. The second-order valence-electron chi connectivity index (χ2n) is 4.65. The van der Waals surface area contributed by atoms with E-state index in [9.17, 15) is 17.2 Å². The minimum absolute atomic E-state index is 0.125. The Morgan fingerprint density at radius 1 is 1.33 bits per heavy atom. The van der Waals surface area contributed by atoms with E-state index in [0.29, 0.717) is 12.1 Å². The molecule has 2 N–H and O–H groups in total. The number of halogens is 2. The molecule has 1 aromatic rings. The highest BCUT2D eigenvalue weighted by Gasteiger charge is 2.24. The third kappa shape index (κ3) is 4.99. The molecule has 1 unspecified atom stereocenters. The van der Waals surface area contributed by atoms with E-state index in [1.807, 2.05) is 6.92 Å². The van der Waals surface area contributed by atoms with Crippen LogP contribution in [0.2, 0.25) is 0 Å². The first kappa shape index (κ1) is 18.0. The number of benzene rings is 1. The molecule has 0 saturated heterocycles. The Kier molecular flexibility index (Phi) is 6.66. The fourth-order valence-electron chi connectivity index (χ4n) is 1.80. The zero-order chi connectivity index (χ0) is 16.0. The van der Waals surface area contributed by atoms with Crippen LogP contribution >= 0.6 is 0 Å². The molecule has 5 nitrogen and oxygen atoms in total. The molecule has 0 heterocycles. The van der Waals surface area contributed by atoms with Crippen LogP contribution in [0.25, 0.3) is 0 Å². The summed E-state index contributed by atoms with van der Waals surface area (Å²) in [5.74, 6) is -2.57. The number of rotatable bonds is 8. The van der Waals surface area contributed by atoms with Gasteiger partial charge in [0.05, 0.1) is 6.61 Å². The molecule has 120 valence electrons. The fourth-order valence-corrected chi connectivity index (χ4v) is 3.16. The first-order chi connectivity index (χ1) is 9.81. The summed E-state index contributed by atoms with van der Waals surface area (Å²) in [6.45, 7) is 4.43. The smallest absolute Gasteiger partial charge is 0.243 e. The van der Waals surface area contributed by atoms with Crippen molar-refractivity contribution in [2.75, 3.05) is 20.3 Å². The van der Waals surface area contributed by atoms with E-state index in [0.717, 1.165) is 12.1 Å². The van der Waals surface area contributed by atoms with E-state index < -0.39 is 32.6 Å². The van der Waals surface area contributed by atoms with Gasteiger partial charge in [0.25, 0.3) is 0 Å². The summed E-state index contributed by atoms with van der Waals surface area (Å²) in [6, 6.07) is 1.55. The van der Waals surface area contributed by atoms with Gasteiger partial charge in [-0.25, -0.2) is 21.9 Å². The van der Waals surface area contributed by atoms with E-state index in [1.165, 1.54) is 7.11 Å². The van der Waals surface area contributed by atoms with Gasteiger partial charge in [-0.05, 0) is 31.2 Å². The number of hydrogen-bond donors (Lipinski definition) is 2. The molecule has 0 spiro atoms. The van der Waals surface area contributed by atoms with Crippen LogP contribution in [0.3, 0.4) is 0 Å². The molecule has 0 fully saturated rings. The van der Waals surface area contributed by atoms with Gasteiger partial charge in [-0.1, -0.05) is 6.92 Å². The van der Waals surface area contributed by atoms with E-state index >= 15 is 0 Å². The van der Waals surface area contributed by atoms with Crippen LogP contribution in [0.1, 0.15) is 19.4 Å². The largest absolute Gasteiger partial charge is 0.383 e. The molecular weight excluding hydrogens is 302 g/mol. The van der Waals surface area contributed by atoms with E-state index in [2.05, 4.69) is 10.0 Å². The Labute approximate surface area is 123 Å². The van der Waals surface area contributed by atoms with E-state index in [4.69, 9.17) is 4.74 Å². The minimum Gasteiger partial charge on any atom is -0.383 e. The van der Waals surface area contributed by atoms with Crippen LogP contribution < -0.4 is 10.0 Å². The molecule has 1 aromatic carbocycles. The second kappa shape index (κ2) is 7.79. The lowest BCUT2D eigenvalue weighted by atomic mass is 10.2. The van der Waals surface area contributed by atoms with Crippen molar-refractivity contribution in [3.63, 3.8) is 0 Å². The number of hydrogen-bond acceptors (Lipinski definition) is 4. The van der Waals surface area contributed by atoms with Crippen LogP contribution in [-0.2, 0) is 21.3 Å². The molecule has 0 aliphatic rings. The first-order valence-corrected chi connectivity index (χ1v) is 8.00. The number of ether oxygens (including phenoxy) is 1. The first-order valence-electron chi connectivity index (χ1n) is 6.51. The molecule has 0 aliphatic heterocycles. The van der Waals surface area contributed by atoms with Crippen molar-refractivity contribution in [3.05, 3.63) is 29.3 Å². The molecule has 1 rings (SSSR count). The predicted octanol–water partition coefficient (Wildman–Crippen LogP) is 1.39. The Bertz CT molecular complexity index is 579. The Morgan fingerprint density at radius 3 is 2.57 bits per heavy atom. The van der Waals surface area contributed by atoms with Gasteiger partial charge in [0.1, 0.15) is 4.90 Å². The van der Waals surface area contributed by atoms with Gasteiger partial charge in [0, 0.05) is 19.7 Å². The van der Waals surface area contributed by atoms with Crippen LogP contribution in [0, 0.1) is 11.6 Å². The highest BCUT2D eigenvalue weighted by Crippen LogP contribution is 2.20. The third-order valence-electron chi connectivity index (χ3n) is 2.70. The average molecular weight is 322 g/mol. The summed E-state index contributed by atoms with van der Waals surface area (Å²) in [7, 11) is -2.74. The number of methoxy groups -OCH3 is 1. The van der Waals surface area contributed by atoms with Crippen molar-refractivity contribution < 1.29 is 21.9 Å². The molecule has 8 heteroatoms. The summed E-state index contributed by atoms with van der Waals surface area (Å²) < 4.78 is 58.7. The van der Waals surface area contributed by atoms with Crippen molar-refractivity contribution in [2.24, 2.45) is 0 Å². The highest BCUT2D eigenvalue weighted by atomic mass is 32.2. The predicted molar refractivity (Wildman–Crippen MR) is 75.4 cm³/mol. The SMILES string of the molecule is CCNCc1cc(F)c(F)c(S(=O)(=O)NC(C)COC)c1. The van der Waals surface area contributed by atoms with Gasteiger partial charge in [0.2, 0.25) is 10.0 Å². The molecule has 1 atom stereocenters. The number of sulfonamides is 1. The standard InChI is InChI=1S/C13H20F2N2O3S/c1-4-16-7-10-5-11(14)13(15)12(6-10)21(18,19)17-9(2)8-20-3/h5-6,9,16-17H,4,7-8H2,1-3H3. The maximum Gasteiger partial charge on any atom is 0.243 e. The van der Waals surface area contributed by atoms with Crippen molar-refractivity contribution in [1.29, 1.82) is 0 Å². The maximum absolute atomic E-state index is 13.8. The molecule has 0 radical (unpaired) electrons. The van der Waals surface area contributed by atoms with Gasteiger partial charge in [-0.2, -0.15) is 0 Å². The van der Waals surface area contributed by atoms with Gasteiger partial charge >= 0.3 is 0 Å². The quantitative estimate of drug-likeness (QED) is 0.759. The van der Waals surface area contributed by atoms with Crippen molar-refractivity contribution in [1.82, 2.24) is 10.0 Å². The molecule has 21 heavy (non-hydrogen) atoms. The van der Waals surface area contributed by atoms with Gasteiger partial charge < -0.3 is 10.1 Å². The van der Waals surface area contributed by atoms with Gasteiger partial charge in [-0.3, -0.25) is 0 Å². The third-order valence-corrected chi connectivity index (χ3v) is 4.29. The summed E-state index contributed by atoms with van der Waals surface area (Å²) >= 11 is 0. The van der Waals surface area contributed by atoms with Crippen molar-refractivity contribution in [2.45, 2.75) is 31.3 Å². The monoisotopic (exact) mass is 322 g/mol. The minimum atomic E-state index is -4.16. The lowest BCUT2D eigenvalue weighted by Gasteiger charge is -2.15. The highest BCUT2D eigenvalue weighted by molar-refractivity contribution is 7.89. The van der Waals surface area contributed by atoms with Crippen molar-refractivity contribution >= 4 is 10.0 Å². The molecule has 0 amide bonds. The lowest BCUT2D eigenvalue weighted by Crippen LogP contribution is -2.36. The lowest BCUT2D eigenvalue weighted by molar-refractivity contribution is 0.180. The normalized spacial score (nSPS) is 13.4. The van der Waals surface area contributed by atoms with Crippen LogP contribution in [0.15, 0.2) is 17.0 Å². The molecule has 0 aliphatic carbocycles. The van der Waals surface area contributed by atoms with Crippen LogP contribution in [0.5, 0.6) is 0 Å². The average Bonchev–Trinajstić information content (AvgIpc) is 2.39. The molecular formula is C13H20F2N2O3S. The van der Waals surface area contributed by atoms with E-state index in [1.54, 1.807) is 6.92 Å². The van der Waals surface area contributed by atoms with Gasteiger partial charge in [-0.15, -0.1) is 0 Å². The topological polar surface area (TPSA) is 67.4 Å². The van der Waals surface area contributed by atoms with Crippen LogP contribution in [0.4, 0.5) is 8.78 Å². The molecule has 0 bridgehead atoms. The summed E-state index contributed by atoms with van der Waals surface area (Å²) in [4.78, 5) is -0.696. The molecule has 0 aromatic heterocycles. The zero-order valence-electron chi connectivity index (χ0n) is 12.2. The maximum atomic E-state index is 13.8. The zero-order valence-corrected chi connectivity index (χ0v) is 13.1. The Hall–Kier alpha value is -1.09. The molecule has 0 saturated carbocycles. The summed E-state index contributed by atoms with van der Waals surface area (Å²) in [6.07, 6.45) is 0. The van der Waals surface area contributed by atoms with Crippen molar-refractivity contribution in [3.8, 4) is 0 Å². The van der Waals surface area contributed by atoms with E-state index in [-0.39, 0.29) is 13.2 Å². The van der Waals surface area contributed by atoms with Gasteiger partial charge in [0.15, 0.2) is 11.6 Å². The Morgan fingerprint density at radius 2 is 2.00 bits per heavy atom.